The summed E-state index contributed by atoms with van der Waals surface area (Å²) in [5.74, 6) is -0.325. The van der Waals surface area contributed by atoms with E-state index < -0.39 is 48.2 Å². The van der Waals surface area contributed by atoms with Crippen LogP contribution in [0.15, 0.2) is 60.9 Å². The van der Waals surface area contributed by atoms with E-state index in [0.29, 0.717) is 24.6 Å². The number of imidazole rings is 2. The monoisotopic (exact) mass is 756 g/mol. The Balaban J connectivity index is 1.12. The first-order valence-electron chi connectivity index (χ1n) is 18.4. The smallest absolute Gasteiger partial charge is 0.407 e. The molecule has 292 valence electrons. The molecule has 0 saturated carbocycles. The number of methoxy groups -OCH3 is 1. The van der Waals surface area contributed by atoms with E-state index in [1.54, 1.807) is 38.1 Å². The van der Waals surface area contributed by atoms with Crippen LogP contribution in [0, 0.1) is 11.8 Å². The maximum atomic E-state index is 13.6. The number of amides is 4. The normalized spacial score (nSPS) is 19.9. The number of aliphatic hydroxyl groups excluding tert-OH is 2. The van der Waals surface area contributed by atoms with Gasteiger partial charge in [0, 0.05) is 32.0 Å². The number of ether oxygens (including phenoxy) is 1. The standard InChI is InChI=1S/C39H48N8O8/c1-21(2)32(44-38(52)53)36(50)47-19-27(49)16-31(47)35-41-18-29(43-35)26-13-9-24(10-14-26)23-7-11-25(12-8-23)28-17-40-34(42-28)30-6-5-15-46(30)37(51)33(22(3)20-48)45-39(54)55-4/h7-14,17-18,21-22,27,30-33,44,48-49H,5-6,15-16,19-20H2,1-4H3,(H,40,42)(H,41,43)(H,45,54)(H,52,53)/t22?,27-,30?,31-,32-,33-/m0/s1. The van der Waals surface area contributed by atoms with Gasteiger partial charge >= 0.3 is 12.2 Å². The molecule has 2 aliphatic rings. The summed E-state index contributed by atoms with van der Waals surface area (Å²) in [6.45, 7) is 5.54. The third kappa shape index (κ3) is 8.49. The van der Waals surface area contributed by atoms with Crippen LogP contribution in [-0.2, 0) is 14.3 Å². The number of hydrogen-bond acceptors (Lipinski definition) is 9. The molecule has 0 spiro atoms. The van der Waals surface area contributed by atoms with Crippen molar-refractivity contribution in [2.24, 2.45) is 11.8 Å². The molecular weight excluding hydrogens is 708 g/mol. The fraction of sp³-hybridized carbons (Fsp3) is 0.436. The topological polar surface area (TPSA) is 226 Å². The van der Waals surface area contributed by atoms with Gasteiger partial charge in [-0.2, -0.15) is 0 Å². The van der Waals surface area contributed by atoms with Gasteiger partial charge in [0.05, 0.1) is 49.1 Å². The Hall–Kier alpha value is -5.74. The molecule has 55 heavy (non-hydrogen) atoms. The summed E-state index contributed by atoms with van der Waals surface area (Å²) in [6, 6.07) is 13.3. The Labute approximate surface area is 318 Å². The zero-order chi connectivity index (χ0) is 39.4. The fourth-order valence-corrected chi connectivity index (χ4v) is 7.36. The molecule has 0 bridgehead atoms. The van der Waals surface area contributed by atoms with Crippen LogP contribution in [0.3, 0.4) is 0 Å². The quantitative estimate of drug-likeness (QED) is 0.110. The van der Waals surface area contributed by atoms with Gasteiger partial charge in [0.25, 0.3) is 0 Å². The summed E-state index contributed by atoms with van der Waals surface area (Å²) in [5, 5.41) is 34.3. The summed E-state index contributed by atoms with van der Waals surface area (Å²) in [6.07, 6.45) is 2.43. The molecule has 2 aliphatic heterocycles. The Bertz CT molecular complexity index is 1980. The Morgan fingerprint density at radius 3 is 1.85 bits per heavy atom. The van der Waals surface area contributed by atoms with Gasteiger partial charge in [-0.1, -0.05) is 69.3 Å². The van der Waals surface area contributed by atoms with E-state index in [1.807, 2.05) is 48.5 Å². The highest BCUT2D eigenvalue weighted by atomic mass is 16.5. The number of aliphatic hydroxyl groups is 2. The second-order valence-electron chi connectivity index (χ2n) is 14.5. The van der Waals surface area contributed by atoms with Gasteiger partial charge in [0.15, 0.2) is 0 Å². The highest BCUT2D eigenvalue weighted by Gasteiger charge is 2.41. The first-order valence-corrected chi connectivity index (χ1v) is 18.4. The second-order valence-corrected chi connectivity index (χ2v) is 14.5. The number of nitrogens with one attached hydrogen (secondary N) is 4. The molecule has 2 saturated heterocycles. The number of β-amino-alcohol motifs (C(OH)–C–C–N with tert-alkyl or cyclic N) is 1. The predicted molar refractivity (Wildman–Crippen MR) is 201 cm³/mol. The lowest BCUT2D eigenvalue weighted by molar-refractivity contribution is -0.136. The van der Waals surface area contributed by atoms with E-state index in [0.717, 1.165) is 40.1 Å². The number of rotatable bonds is 12. The van der Waals surface area contributed by atoms with Gasteiger partial charge in [-0.15, -0.1) is 0 Å². The number of alkyl carbamates (subject to hydrolysis) is 1. The largest absolute Gasteiger partial charge is 0.465 e. The number of carbonyl (C=O) groups is 4. The van der Waals surface area contributed by atoms with E-state index in [4.69, 9.17) is 4.74 Å². The summed E-state index contributed by atoms with van der Waals surface area (Å²) in [5.41, 5.74) is 5.33. The van der Waals surface area contributed by atoms with Crippen LogP contribution in [-0.4, -0.2) is 114 Å². The lowest BCUT2D eigenvalue weighted by Crippen LogP contribution is -2.52. The van der Waals surface area contributed by atoms with Crippen molar-refractivity contribution in [2.45, 2.75) is 70.3 Å². The maximum absolute atomic E-state index is 13.6. The number of H-pyrrole nitrogens is 2. The molecule has 2 fully saturated rings. The van der Waals surface area contributed by atoms with E-state index in [1.165, 1.54) is 12.0 Å². The molecule has 6 rings (SSSR count). The lowest BCUT2D eigenvalue weighted by atomic mass is 10.0. The van der Waals surface area contributed by atoms with Crippen LogP contribution in [0.1, 0.15) is 63.8 Å². The van der Waals surface area contributed by atoms with Crippen molar-refractivity contribution in [1.82, 2.24) is 40.4 Å². The van der Waals surface area contributed by atoms with Crippen LogP contribution in [0.25, 0.3) is 33.6 Å². The minimum Gasteiger partial charge on any atom is -0.465 e. The first kappa shape index (κ1) is 39.0. The average molecular weight is 757 g/mol. The van der Waals surface area contributed by atoms with Crippen molar-refractivity contribution in [1.29, 1.82) is 0 Å². The Morgan fingerprint density at radius 2 is 1.35 bits per heavy atom. The number of nitrogens with zero attached hydrogens (tertiary/aromatic N) is 4. The first-order chi connectivity index (χ1) is 26.4. The van der Waals surface area contributed by atoms with E-state index in [-0.39, 0.29) is 37.4 Å². The highest BCUT2D eigenvalue weighted by Crippen LogP contribution is 2.35. The molecule has 0 aliphatic carbocycles. The molecule has 7 N–H and O–H groups in total. The number of carbonyl (C=O) groups excluding carboxylic acids is 3. The van der Waals surface area contributed by atoms with Gasteiger partial charge in [0.2, 0.25) is 11.8 Å². The second kappa shape index (κ2) is 16.7. The zero-order valence-corrected chi connectivity index (χ0v) is 31.2. The molecule has 16 heteroatoms. The van der Waals surface area contributed by atoms with Crippen molar-refractivity contribution in [3.8, 4) is 33.6 Å². The van der Waals surface area contributed by atoms with Gasteiger partial charge in [-0.25, -0.2) is 19.6 Å². The van der Waals surface area contributed by atoms with Gasteiger partial charge in [0.1, 0.15) is 23.7 Å². The summed E-state index contributed by atoms with van der Waals surface area (Å²) in [7, 11) is 1.23. The van der Waals surface area contributed by atoms with Crippen LogP contribution in [0.5, 0.6) is 0 Å². The van der Waals surface area contributed by atoms with Crippen LogP contribution < -0.4 is 10.6 Å². The molecular formula is C39H48N8O8. The fourth-order valence-electron chi connectivity index (χ4n) is 7.36. The molecule has 2 unspecified atom stereocenters. The minimum absolute atomic E-state index is 0.0861. The van der Waals surface area contributed by atoms with Gasteiger partial charge < -0.3 is 50.5 Å². The van der Waals surface area contributed by atoms with E-state index in [9.17, 15) is 34.5 Å². The van der Waals surface area contributed by atoms with E-state index in [2.05, 4.69) is 30.6 Å². The molecule has 2 aromatic carbocycles. The number of aromatic amines is 2. The number of likely N-dealkylation sites (tertiary alicyclic amines) is 2. The molecule has 4 aromatic rings. The van der Waals surface area contributed by atoms with Crippen molar-refractivity contribution in [3.05, 3.63) is 72.6 Å². The van der Waals surface area contributed by atoms with E-state index >= 15 is 0 Å². The molecule has 0 radical (unpaired) electrons. The van der Waals surface area contributed by atoms with Crippen LogP contribution in [0.2, 0.25) is 0 Å². The zero-order valence-electron chi connectivity index (χ0n) is 31.2. The molecule has 6 atom stereocenters. The molecule has 2 aromatic heterocycles. The number of benzene rings is 2. The SMILES string of the molecule is COC(=O)N[C@H](C(=O)N1CCCC1c1ncc(-c2ccc(-c3ccc(-c4cnc([C@@H]5C[C@H](O)CN5C(=O)[C@@H](NC(=O)O)C(C)C)[nH]4)cc3)cc2)[nH]1)C(C)CO. The maximum Gasteiger partial charge on any atom is 0.407 e. The van der Waals surface area contributed by atoms with Gasteiger partial charge in [-0.05, 0) is 41.0 Å². The third-order valence-corrected chi connectivity index (χ3v) is 10.4. The predicted octanol–water partition coefficient (Wildman–Crippen LogP) is 4.08. The lowest BCUT2D eigenvalue weighted by Gasteiger charge is -2.30. The number of aromatic nitrogens is 4. The third-order valence-electron chi connectivity index (χ3n) is 10.4. The highest BCUT2D eigenvalue weighted by molar-refractivity contribution is 5.87. The molecule has 16 nitrogen and oxygen atoms in total. The number of carboxylic acid groups (broad SMARTS) is 1. The molecule has 4 heterocycles. The molecule has 4 amide bonds. The summed E-state index contributed by atoms with van der Waals surface area (Å²) in [4.78, 5) is 69.3. The average Bonchev–Trinajstić information content (AvgIpc) is 4.02. The van der Waals surface area contributed by atoms with Crippen LogP contribution >= 0.6 is 0 Å². The minimum atomic E-state index is -1.28. The van der Waals surface area contributed by atoms with Crippen molar-refractivity contribution in [3.63, 3.8) is 0 Å². The van der Waals surface area contributed by atoms with Crippen molar-refractivity contribution < 1.29 is 39.2 Å². The van der Waals surface area contributed by atoms with Crippen molar-refractivity contribution in [2.75, 3.05) is 26.8 Å². The van der Waals surface area contributed by atoms with Gasteiger partial charge in [-0.3, -0.25) is 9.59 Å². The van der Waals surface area contributed by atoms with Crippen molar-refractivity contribution >= 4 is 24.0 Å². The Kier molecular flexibility index (Phi) is 11.9. The summed E-state index contributed by atoms with van der Waals surface area (Å²) >= 11 is 0. The van der Waals surface area contributed by atoms with Crippen LogP contribution in [0.4, 0.5) is 9.59 Å². The Morgan fingerprint density at radius 1 is 0.818 bits per heavy atom. The number of hydrogen-bond donors (Lipinski definition) is 7. The summed E-state index contributed by atoms with van der Waals surface area (Å²) < 4.78 is 4.70.